The molecule has 3 rings (SSSR count). The van der Waals surface area contributed by atoms with E-state index in [1.807, 2.05) is 12.1 Å². The number of rotatable bonds is 5. The monoisotopic (exact) mass is 303 g/mol. The lowest BCUT2D eigenvalue weighted by Crippen LogP contribution is -2.46. The predicted molar refractivity (Wildman–Crippen MR) is 87.1 cm³/mol. The van der Waals surface area contributed by atoms with Crippen molar-refractivity contribution in [1.29, 1.82) is 0 Å². The van der Waals surface area contributed by atoms with Gasteiger partial charge in [0, 0.05) is 25.8 Å². The van der Waals surface area contributed by atoms with Crippen molar-refractivity contribution < 1.29 is 9.53 Å². The Morgan fingerprint density at radius 3 is 2.86 bits per heavy atom. The van der Waals surface area contributed by atoms with Crippen LogP contribution in [0.25, 0.3) is 0 Å². The molecule has 0 aliphatic carbocycles. The smallest absolute Gasteiger partial charge is 0.315 e. The molecule has 2 aliphatic heterocycles. The molecule has 0 spiro atoms. The molecule has 5 nitrogen and oxygen atoms in total. The van der Waals surface area contributed by atoms with Crippen LogP contribution in [0.1, 0.15) is 31.7 Å². The molecule has 0 radical (unpaired) electrons. The lowest BCUT2D eigenvalue weighted by Gasteiger charge is -2.22. The Bertz CT molecular complexity index is 534. The molecule has 2 fully saturated rings. The molecule has 5 heteroatoms. The van der Waals surface area contributed by atoms with Gasteiger partial charge in [0.05, 0.1) is 18.2 Å². The lowest BCUT2D eigenvalue weighted by atomic mass is 9.96. The average Bonchev–Trinajstić information content (AvgIpc) is 3.15. The summed E-state index contributed by atoms with van der Waals surface area (Å²) in [6.07, 6.45) is 3.73. The Balaban J connectivity index is 1.53. The van der Waals surface area contributed by atoms with E-state index in [4.69, 9.17) is 4.74 Å². The Kier molecular flexibility index (Phi) is 4.52. The maximum Gasteiger partial charge on any atom is 0.315 e. The molecule has 0 aromatic heterocycles. The summed E-state index contributed by atoms with van der Waals surface area (Å²) in [5.41, 5.74) is 2.29. The van der Waals surface area contributed by atoms with Gasteiger partial charge in [-0.05, 0) is 37.8 Å². The van der Waals surface area contributed by atoms with Gasteiger partial charge in [0.1, 0.15) is 0 Å². The van der Waals surface area contributed by atoms with Crippen molar-refractivity contribution in [1.82, 2.24) is 10.6 Å². The topological polar surface area (TPSA) is 53.6 Å². The molecule has 0 saturated carbocycles. The van der Waals surface area contributed by atoms with Crippen molar-refractivity contribution in [3.05, 3.63) is 29.8 Å². The Morgan fingerprint density at radius 2 is 2.18 bits per heavy atom. The van der Waals surface area contributed by atoms with Gasteiger partial charge in [-0.2, -0.15) is 0 Å². The molecule has 3 atom stereocenters. The number of carbonyl (C=O) groups excluding carboxylic acids is 1. The average molecular weight is 303 g/mol. The maximum atomic E-state index is 12.1. The summed E-state index contributed by atoms with van der Waals surface area (Å²) in [4.78, 5) is 14.3. The predicted octanol–water partition coefficient (Wildman–Crippen LogP) is 2.26. The van der Waals surface area contributed by atoms with Crippen LogP contribution in [0.2, 0.25) is 0 Å². The largest absolute Gasteiger partial charge is 0.375 e. The molecule has 2 N–H and O–H groups in total. The van der Waals surface area contributed by atoms with Crippen molar-refractivity contribution in [2.45, 2.75) is 51.0 Å². The Morgan fingerprint density at radius 1 is 1.36 bits per heavy atom. The number of ether oxygens (including phenoxy) is 1. The first-order valence-corrected chi connectivity index (χ1v) is 8.16. The van der Waals surface area contributed by atoms with E-state index in [0.29, 0.717) is 12.6 Å². The fourth-order valence-electron chi connectivity index (χ4n) is 3.39. The summed E-state index contributed by atoms with van der Waals surface area (Å²) in [7, 11) is 2.06. The zero-order valence-electron chi connectivity index (χ0n) is 13.3. The minimum absolute atomic E-state index is 0.102. The van der Waals surface area contributed by atoms with Gasteiger partial charge < -0.3 is 20.3 Å². The molecule has 2 saturated heterocycles. The zero-order valence-corrected chi connectivity index (χ0v) is 13.3. The van der Waals surface area contributed by atoms with Crippen molar-refractivity contribution in [2.75, 3.05) is 18.5 Å². The molecule has 1 aromatic carbocycles. The fraction of sp³-hybridized carbons (Fsp3) is 0.588. The van der Waals surface area contributed by atoms with Crippen LogP contribution in [-0.4, -0.2) is 37.9 Å². The minimum Gasteiger partial charge on any atom is -0.375 e. The first kappa shape index (κ1) is 15.2. The van der Waals surface area contributed by atoms with Crippen LogP contribution >= 0.6 is 0 Å². The number of hydrogen-bond acceptors (Lipinski definition) is 3. The Hall–Kier alpha value is -1.75. The van der Waals surface area contributed by atoms with Crippen molar-refractivity contribution in [2.24, 2.45) is 0 Å². The number of nitrogens with one attached hydrogen (secondary N) is 2. The van der Waals surface area contributed by atoms with E-state index in [1.54, 1.807) is 0 Å². The van der Waals surface area contributed by atoms with E-state index in [2.05, 4.69) is 41.6 Å². The molecule has 2 bridgehead atoms. The van der Waals surface area contributed by atoms with Crippen LogP contribution < -0.4 is 15.5 Å². The second kappa shape index (κ2) is 6.57. The number of carbonyl (C=O) groups is 1. The van der Waals surface area contributed by atoms with E-state index in [-0.39, 0.29) is 18.2 Å². The van der Waals surface area contributed by atoms with Gasteiger partial charge in [-0.3, -0.25) is 0 Å². The number of anilines is 1. The van der Waals surface area contributed by atoms with Crippen LogP contribution in [0.5, 0.6) is 0 Å². The van der Waals surface area contributed by atoms with Crippen LogP contribution in [0.3, 0.4) is 0 Å². The zero-order chi connectivity index (χ0) is 15.5. The van der Waals surface area contributed by atoms with Crippen LogP contribution in [-0.2, 0) is 11.3 Å². The normalized spacial score (nSPS) is 26.0. The molecule has 22 heavy (non-hydrogen) atoms. The third-order valence-electron chi connectivity index (χ3n) is 4.74. The van der Waals surface area contributed by atoms with Gasteiger partial charge in [-0.1, -0.05) is 18.2 Å². The summed E-state index contributed by atoms with van der Waals surface area (Å²) in [5.74, 6) is 0. The van der Waals surface area contributed by atoms with Crippen LogP contribution in [0.4, 0.5) is 10.5 Å². The van der Waals surface area contributed by atoms with Gasteiger partial charge in [0.2, 0.25) is 0 Å². The standard InChI is InChI=1S/C17H25N3O2/c1-3-20(2)15-7-5-4-6-12(15)11-18-17(21)19-14-10-13-8-9-16(14)22-13/h4-7,13-14,16H,3,8-11H2,1-2H3,(H2,18,19,21)/t13-,14-,16-/m1/s1. The van der Waals surface area contributed by atoms with Crippen molar-refractivity contribution in [3.8, 4) is 0 Å². The molecule has 2 amide bonds. The summed E-state index contributed by atoms with van der Waals surface area (Å²) in [6, 6.07) is 8.25. The highest BCUT2D eigenvalue weighted by molar-refractivity contribution is 5.74. The molecule has 120 valence electrons. The maximum absolute atomic E-state index is 12.1. The Labute approximate surface area is 132 Å². The van der Waals surface area contributed by atoms with E-state index >= 15 is 0 Å². The van der Waals surface area contributed by atoms with E-state index < -0.39 is 0 Å². The number of amides is 2. The summed E-state index contributed by atoms with van der Waals surface area (Å²) >= 11 is 0. The second-order valence-corrected chi connectivity index (χ2v) is 6.19. The quantitative estimate of drug-likeness (QED) is 0.877. The highest BCUT2D eigenvalue weighted by atomic mass is 16.5. The first-order valence-electron chi connectivity index (χ1n) is 8.16. The summed E-state index contributed by atoms with van der Waals surface area (Å²) in [5, 5.41) is 6.03. The molecular formula is C17H25N3O2. The van der Waals surface area contributed by atoms with Gasteiger partial charge >= 0.3 is 6.03 Å². The highest BCUT2D eigenvalue weighted by Crippen LogP contribution is 2.34. The van der Waals surface area contributed by atoms with E-state index in [9.17, 15) is 4.79 Å². The van der Waals surface area contributed by atoms with E-state index in [0.717, 1.165) is 37.1 Å². The number of para-hydroxylation sites is 1. The fourth-order valence-corrected chi connectivity index (χ4v) is 3.39. The number of hydrogen-bond donors (Lipinski definition) is 2. The molecule has 0 unspecified atom stereocenters. The second-order valence-electron chi connectivity index (χ2n) is 6.19. The number of benzene rings is 1. The number of urea groups is 1. The van der Waals surface area contributed by atoms with Crippen LogP contribution in [0.15, 0.2) is 24.3 Å². The molecule has 2 aliphatic rings. The highest BCUT2D eigenvalue weighted by Gasteiger charge is 2.41. The first-order chi connectivity index (χ1) is 10.7. The van der Waals surface area contributed by atoms with Crippen molar-refractivity contribution in [3.63, 3.8) is 0 Å². The summed E-state index contributed by atoms with van der Waals surface area (Å²) < 4.78 is 5.76. The van der Waals surface area contributed by atoms with E-state index in [1.165, 1.54) is 0 Å². The van der Waals surface area contributed by atoms with Gasteiger partial charge in [-0.25, -0.2) is 4.79 Å². The van der Waals surface area contributed by atoms with Gasteiger partial charge in [0.25, 0.3) is 0 Å². The number of nitrogens with zero attached hydrogens (tertiary/aromatic N) is 1. The molecule has 1 aromatic rings. The number of fused-ring (bicyclic) bond motifs is 2. The van der Waals surface area contributed by atoms with Crippen LogP contribution in [0, 0.1) is 0 Å². The van der Waals surface area contributed by atoms with Gasteiger partial charge in [0.15, 0.2) is 0 Å². The third kappa shape index (κ3) is 3.19. The minimum atomic E-state index is -0.102. The van der Waals surface area contributed by atoms with Crippen molar-refractivity contribution >= 4 is 11.7 Å². The lowest BCUT2D eigenvalue weighted by molar-refractivity contribution is 0.0981. The molecular weight excluding hydrogens is 278 g/mol. The molecule has 2 heterocycles. The SMILES string of the molecule is CCN(C)c1ccccc1CNC(=O)N[C@@H]1C[C@H]2CC[C@H]1O2. The summed E-state index contributed by atoms with van der Waals surface area (Å²) in [6.45, 7) is 3.59. The van der Waals surface area contributed by atoms with Gasteiger partial charge in [-0.15, -0.1) is 0 Å². The third-order valence-corrected chi connectivity index (χ3v) is 4.74.